The van der Waals surface area contributed by atoms with E-state index >= 15 is 0 Å². The minimum Gasteiger partial charge on any atom is -0.494 e. The molecule has 3 fully saturated rings. The molecule has 152 valence electrons. The predicted molar refractivity (Wildman–Crippen MR) is 104 cm³/mol. The number of nitrogens with zero attached hydrogens (tertiary/aromatic N) is 2. The summed E-state index contributed by atoms with van der Waals surface area (Å²) in [7, 11) is 1.41. The monoisotopic (exact) mass is 388 g/mol. The molecule has 0 spiro atoms. The van der Waals surface area contributed by atoms with Crippen molar-refractivity contribution in [2.24, 2.45) is 11.8 Å². The van der Waals surface area contributed by atoms with Crippen LogP contribution < -0.4 is 4.74 Å². The van der Waals surface area contributed by atoms with Gasteiger partial charge in [-0.05, 0) is 55.7 Å². The summed E-state index contributed by atoms with van der Waals surface area (Å²) in [6, 6.07) is 4.88. The third kappa shape index (κ3) is 3.27. The third-order valence-electron chi connectivity index (χ3n) is 6.77. The van der Waals surface area contributed by atoms with Crippen molar-refractivity contribution in [3.63, 3.8) is 0 Å². The van der Waals surface area contributed by atoms with Crippen LogP contribution in [0.4, 0.5) is 4.39 Å². The molecule has 28 heavy (non-hydrogen) atoms. The van der Waals surface area contributed by atoms with E-state index in [4.69, 9.17) is 4.74 Å². The Morgan fingerprint density at radius 2 is 2.07 bits per heavy atom. The summed E-state index contributed by atoms with van der Waals surface area (Å²) >= 11 is 0. The lowest BCUT2D eigenvalue weighted by atomic mass is 9.71. The van der Waals surface area contributed by atoms with Crippen molar-refractivity contribution in [2.45, 2.75) is 57.5 Å². The van der Waals surface area contributed by atoms with Crippen LogP contribution in [0.3, 0.4) is 0 Å². The molecule has 2 bridgehead atoms. The molecule has 1 aromatic carbocycles. The SMILES string of the molecule is CCC[C@H]1[C@H]2C[C@H](CN(C(=O)c3ccc(OC)c(F)c3)C2)[C@@H]2CCCC(=O)N21. The molecule has 3 aliphatic heterocycles. The number of carbonyl (C=O) groups is 2. The minimum absolute atomic E-state index is 0.123. The van der Waals surface area contributed by atoms with E-state index in [2.05, 4.69) is 11.8 Å². The Labute approximate surface area is 165 Å². The molecule has 0 radical (unpaired) electrons. The first-order valence-corrected chi connectivity index (χ1v) is 10.5. The second kappa shape index (κ2) is 7.72. The maximum atomic E-state index is 14.1. The van der Waals surface area contributed by atoms with Crippen molar-refractivity contribution in [1.82, 2.24) is 9.80 Å². The molecule has 0 N–H and O–H groups in total. The first-order valence-electron chi connectivity index (χ1n) is 10.5. The lowest BCUT2D eigenvalue weighted by Gasteiger charge is -2.56. The first kappa shape index (κ1) is 19.2. The molecule has 3 heterocycles. The van der Waals surface area contributed by atoms with Gasteiger partial charge in [-0.3, -0.25) is 9.59 Å². The Bertz CT molecular complexity index is 768. The van der Waals surface area contributed by atoms with Crippen LogP contribution in [0.25, 0.3) is 0 Å². The Kier molecular flexibility index (Phi) is 5.30. The smallest absolute Gasteiger partial charge is 0.253 e. The minimum atomic E-state index is -0.515. The van der Waals surface area contributed by atoms with E-state index < -0.39 is 5.82 Å². The van der Waals surface area contributed by atoms with Crippen LogP contribution in [0.1, 0.15) is 55.8 Å². The van der Waals surface area contributed by atoms with Crippen molar-refractivity contribution in [1.29, 1.82) is 0 Å². The van der Waals surface area contributed by atoms with E-state index in [-0.39, 0.29) is 23.7 Å². The molecule has 1 aromatic rings. The van der Waals surface area contributed by atoms with E-state index in [1.54, 1.807) is 6.07 Å². The molecule has 0 aliphatic carbocycles. The summed E-state index contributed by atoms with van der Waals surface area (Å²) in [5, 5.41) is 0. The van der Waals surface area contributed by atoms with Crippen LogP contribution in [0.2, 0.25) is 0 Å². The summed E-state index contributed by atoms with van der Waals surface area (Å²) in [5.41, 5.74) is 0.363. The number of carbonyl (C=O) groups excluding carboxylic acids is 2. The Morgan fingerprint density at radius 1 is 1.29 bits per heavy atom. The highest BCUT2D eigenvalue weighted by Crippen LogP contribution is 2.43. The Morgan fingerprint density at radius 3 is 2.79 bits per heavy atom. The number of benzene rings is 1. The summed E-state index contributed by atoms with van der Waals surface area (Å²) in [6.07, 6.45) is 5.72. The van der Waals surface area contributed by atoms with Gasteiger partial charge in [0.2, 0.25) is 5.91 Å². The number of fused-ring (bicyclic) bond motifs is 4. The Balaban J connectivity index is 1.58. The van der Waals surface area contributed by atoms with Crippen LogP contribution in [0.5, 0.6) is 5.75 Å². The highest BCUT2D eigenvalue weighted by atomic mass is 19.1. The lowest BCUT2D eigenvalue weighted by Crippen LogP contribution is -2.65. The second-order valence-electron chi connectivity index (χ2n) is 8.43. The van der Waals surface area contributed by atoms with Crippen LogP contribution in [0, 0.1) is 17.7 Å². The van der Waals surface area contributed by atoms with Crippen molar-refractivity contribution >= 4 is 11.8 Å². The molecule has 5 nitrogen and oxygen atoms in total. The zero-order chi connectivity index (χ0) is 19.8. The molecular weight excluding hydrogens is 359 g/mol. The summed E-state index contributed by atoms with van der Waals surface area (Å²) < 4.78 is 19.1. The van der Waals surface area contributed by atoms with Crippen LogP contribution >= 0.6 is 0 Å². The lowest BCUT2D eigenvalue weighted by molar-refractivity contribution is -0.152. The highest BCUT2D eigenvalue weighted by Gasteiger charge is 2.49. The largest absolute Gasteiger partial charge is 0.494 e. The molecule has 4 rings (SSSR count). The van der Waals surface area contributed by atoms with Gasteiger partial charge >= 0.3 is 0 Å². The number of hydrogen-bond acceptors (Lipinski definition) is 3. The molecule has 4 atom stereocenters. The quantitative estimate of drug-likeness (QED) is 0.794. The third-order valence-corrected chi connectivity index (χ3v) is 6.77. The van der Waals surface area contributed by atoms with Gasteiger partial charge in [0.25, 0.3) is 5.91 Å². The van der Waals surface area contributed by atoms with Gasteiger partial charge in [0.15, 0.2) is 11.6 Å². The molecule has 3 aliphatic rings. The molecule has 0 aromatic heterocycles. The average Bonchev–Trinajstić information content (AvgIpc) is 2.70. The van der Waals surface area contributed by atoms with Crippen molar-refractivity contribution in [3.8, 4) is 5.75 Å². The highest BCUT2D eigenvalue weighted by molar-refractivity contribution is 5.94. The maximum absolute atomic E-state index is 14.1. The standard InChI is InChI=1S/C22H29FN2O3/c1-3-5-18-15-10-16(19-6-4-7-21(26)25(18)19)13-24(12-15)22(27)14-8-9-20(28-2)17(23)11-14/h8-9,11,15-16,18-19H,3-7,10,12-13H2,1-2H3/t15-,16+,18-,19-/m0/s1. The van der Waals surface area contributed by atoms with Crippen LogP contribution in [0.15, 0.2) is 18.2 Å². The van der Waals surface area contributed by atoms with Crippen LogP contribution in [-0.2, 0) is 4.79 Å². The summed E-state index contributed by atoms with van der Waals surface area (Å²) in [6.45, 7) is 3.45. The molecular formula is C22H29FN2O3. The number of amides is 2. The van der Waals surface area contributed by atoms with Gasteiger partial charge in [0.1, 0.15) is 0 Å². The zero-order valence-corrected chi connectivity index (χ0v) is 16.7. The average molecular weight is 388 g/mol. The number of rotatable bonds is 4. The molecule has 0 unspecified atom stereocenters. The fourth-order valence-corrected chi connectivity index (χ4v) is 5.59. The van der Waals surface area contributed by atoms with E-state index in [0.717, 1.165) is 32.1 Å². The van der Waals surface area contributed by atoms with Gasteiger partial charge in [-0.2, -0.15) is 0 Å². The first-order chi connectivity index (χ1) is 13.5. The van der Waals surface area contributed by atoms with Crippen molar-refractivity contribution in [2.75, 3.05) is 20.2 Å². The van der Waals surface area contributed by atoms with E-state index in [1.165, 1.54) is 19.2 Å². The van der Waals surface area contributed by atoms with Gasteiger partial charge in [-0.15, -0.1) is 0 Å². The van der Waals surface area contributed by atoms with Gasteiger partial charge in [0, 0.05) is 37.2 Å². The van der Waals surface area contributed by atoms with Crippen molar-refractivity contribution in [3.05, 3.63) is 29.6 Å². The topological polar surface area (TPSA) is 49.9 Å². The summed E-state index contributed by atoms with van der Waals surface area (Å²) in [5.74, 6) is 0.431. The summed E-state index contributed by atoms with van der Waals surface area (Å²) in [4.78, 5) is 29.9. The normalized spacial score (nSPS) is 29.5. The van der Waals surface area contributed by atoms with Crippen molar-refractivity contribution < 1.29 is 18.7 Å². The number of likely N-dealkylation sites (tertiary alicyclic amines) is 1. The fraction of sp³-hybridized carbons (Fsp3) is 0.636. The van der Waals surface area contributed by atoms with E-state index in [9.17, 15) is 14.0 Å². The zero-order valence-electron chi connectivity index (χ0n) is 16.7. The number of piperidine rings is 3. The number of hydrogen-bond donors (Lipinski definition) is 0. The maximum Gasteiger partial charge on any atom is 0.253 e. The number of methoxy groups -OCH3 is 1. The van der Waals surface area contributed by atoms with E-state index in [0.29, 0.717) is 42.8 Å². The van der Waals surface area contributed by atoms with Gasteiger partial charge in [0.05, 0.1) is 7.11 Å². The predicted octanol–water partition coefficient (Wildman–Crippen LogP) is 3.48. The van der Waals surface area contributed by atoms with E-state index in [1.807, 2.05) is 4.90 Å². The number of ether oxygens (including phenoxy) is 1. The van der Waals surface area contributed by atoms with Gasteiger partial charge in [-0.1, -0.05) is 13.3 Å². The van der Waals surface area contributed by atoms with Gasteiger partial charge in [-0.25, -0.2) is 4.39 Å². The fourth-order valence-electron chi connectivity index (χ4n) is 5.59. The van der Waals surface area contributed by atoms with Crippen LogP contribution in [-0.4, -0.2) is 53.9 Å². The second-order valence-corrected chi connectivity index (χ2v) is 8.43. The molecule has 0 saturated carbocycles. The molecule has 3 saturated heterocycles. The molecule has 2 amide bonds. The Hall–Kier alpha value is -2.11. The number of halogens is 1. The molecule has 6 heteroatoms. The van der Waals surface area contributed by atoms with Gasteiger partial charge < -0.3 is 14.5 Å².